The maximum absolute atomic E-state index is 12.7. The van der Waals surface area contributed by atoms with E-state index < -0.39 is 22.0 Å². The van der Waals surface area contributed by atoms with Crippen LogP contribution in [0.15, 0.2) is 57.9 Å². The van der Waals surface area contributed by atoms with Crippen LogP contribution in [0.5, 0.6) is 0 Å². The number of rotatable bonds is 7. The van der Waals surface area contributed by atoms with Crippen molar-refractivity contribution in [2.75, 3.05) is 7.11 Å². The van der Waals surface area contributed by atoms with Crippen LogP contribution < -0.4 is 4.72 Å². The molecule has 0 aliphatic heterocycles. The van der Waals surface area contributed by atoms with Crippen molar-refractivity contribution in [3.05, 3.63) is 64.1 Å². The summed E-state index contributed by atoms with van der Waals surface area (Å²) < 4.78 is 33.5. The number of hydrogen-bond acceptors (Lipinski definition) is 4. The Morgan fingerprint density at radius 2 is 1.58 bits per heavy atom. The Hall–Kier alpha value is -1.70. The number of nitrogens with one attached hydrogen (secondary N) is 1. The van der Waals surface area contributed by atoms with Gasteiger partial charge >= 0.3 is 5.97 Å². The van der Waals surface area contributed by atoms with Crippen LogP contribution in [0.4, 0.5) is 0 Å². The summed E-state index contributed by atoms with van der Waals surface area (Å²) in [7, 11) is -2.50. The molecule has 0 fully saturated rings. The largest absolute Gasteiger partial charge is 0.469 e. The van der Waals surface area contributed by atoms with Gasteiger partial charge in [-0.3, -0.25) is 4.79 Å². The van der Waals surface area contributed by atoms with Gasteiger partial charge in [-0.25, -0.2) is 13.1 Å². The smallest absolute Gasteiger partial charge is 0.307 e. The highest BCUT2D eigenvalue weighted by atomic mass is 79.9. The number of carbonyl (C=O) groups is 1. The Kier molecular flexibility index (Phi) is 6.97. The van der Waals surface area contributed by atoms with Crippen molar-refractivity contribution in [1.29, 1.82) is 0 Å². The summed E-state index contributed by atoms with van der Waals surface area (Å²) >= 11 is 3.28. The van der Waals surface area contributed by atoms with Crippen molar-refractivity contribution in [3.63, 3.8) is 0 Å². The molecule has 0 amide bonds. The first-order chi connectivity index (χ1) is 12.2. The van der Waals surface area contributed by atoms with Gasteiger partial charge in [0.15, 0.2) is 0 Å². The zero-order valence-electron chi connectivity index (χ0n) is 14.9. The number of sulfonamides is 1. The van der Waals surface area contributed by atoms with E-state index in [9.17, 15) is 13.2 Å². The van der Waals surface area contributed by atoms with Gasteiger partial charge in [-0.2, -0.15) is 0 Å². The Morgan fingerprint density at radius 3 is 2.08 bits per heavy atom. The lowest BCUT2D eigenvalue weighted by atomic mass is 9.98. The molecule has 0 saturated carbocycles. The van der Waals surface area contributed by atoms with Crippen molar-refractivity contribution in [2.24, 2.45) is 0 Å². The topological polar surface area (TPSA) is 72.5 Å². The number of halogens is 1. The average molecular weight is 440 g/mol. The van der Waals surface area contributed by atoms with Crippen LogP contribution in [0.1, 0.15) is 43.4 Å². The molecule has 26 heavy (non-hydrogen) atoms. The van der Waals surface area contributed by atoms with Crippen molar-refractivity contribution in [3.8, 4) is 0 Å². The van der Waals surface area contributed by atoms with Crippen molar-refractivity contribution < 1.29 is 17.9 Å². The van der Waals surface area contributed by atoms with Gasteiger partial charge in [0.2, 0.25) is 10.0 Å². The Morgan fingerprint density at radius 1 is 1.04 bits per heavy atom. The minimum atomic E-state index is -3.78. The summed E-state index contributed by atoms with van der Waals surface area (Å²) in [6.45, 7) is 4.16. The lowest BCUT2D eigenvalue weighted by molar-refractivity contribution is -0.141. The fourth-order valence-corrected chi connectivity index (χ4v) is 3.95. The molecule has 2 aromatic carbocycles. The number of methoxy groups -OCH3 is 1. The van der Waals surface area contributed by atoms with Gasteiger partial charge in [-0.15, -0.1) is 0 Å². The van der Waals surface area contributed by atoms with Gasteiger partial charge in [0.1, 0.15) is 0 Å². The van der Waals surface area contributed by atoms with Gasteiger partial charge in [0.05, 0.1) is 24.5 Å². The van der Waals surface area contributed by atoms with Crippen LogP contribution in [0.2, 0.25) is 0 Å². The van der Waals surface area contributed by atoms with Crippen LogP contribution in [0, 0.1) is 0 Å². The van der Waals surface area contributed by atoms with E-state index in [0.717, 1.165) is 10.0 Å². The van der Waals surface area contributed by atoms with Crippen molar-refractivity contribution >= 4 is 31.9 Å². The van der Waals surface area contributed by atoms with Gasteiger partial charge in [-0.1, -0.05) is 54.0 Å². The normalized spacial score (nSPS) is 12.8. The molecule has 0 aromatic heterocycles. The quantitative estimate of drug-likeness (QED) is 0.657. The number of benzene rings is 2. The molecule has 0 heterocycles. The average Bonchev–Trinajstić information content (AvgIpc) is 2.61. The lowest BCUT2D eigenvalue weighted by Gasteiger charge is -2.19. The molecule has 0 bridgehead atoms. The van der Waals surface area contributed by atoms with E-state index in [4.69, 9.17) is 4.74 Å². The van der Waals surface area contributed by atoms with Crippen LogP contribution >= 0.6 is 15.9 Å². The molecule has 0 saturated heterocycles. The standard InChI is InChI=1S/C19H22BrNO4S/c1-13(2)14-4-6-15(7-5-14)18(12-19(22)25-3)21-26(23,24)17-10-8-16(20)9-11-17/h4-11,13,18,21H,12H2,1-3H3/t18-/m1/s1. The molecule has 2 rings (SSSR count). The summed E-state index contributed by atoms with van der Waals surface area (Å²) in [5, 5.41) is 0. The van der Waals surface area contributed by atoms with Gasteiger partial charge in [0, 0.05) is 4.47 Å². The predicted molar refractivity (Wildman–Crippen MR) is 104 cm³/mol. The molecule has 140 valence electrons. The highest BCUT2D eigenvalue weighted by molar-refractivity contribution is 9.10. The van der Waals surface area contributed by atoms with Crippen LogP contribution in [-0.4, -0.2) is 21.5 Å². The third-order valence-electron chi connectivity index (χ3n) is 4.03. The summed E-state index contributed by atoms with van der Waals surface area (Å²) in [6.07, 6.45) is -0.0900. The zero-order chi connectivity index (χ0) is 19.3. The van der Waals surface area contributed by atoms with Crippen LogP contribution in [-0.2, 0) is 19.6 Å². The first kappa shape index (κ1) is 20.6. The number of carbonyl (C=O) groups excluding carboxylic acids is 1. The molecular formula is C19H22BrNO4S. The third-order valence-corrected chi connectivity index (χ3v) is 6.04. The van der Waals surface area contributed by atoms with E-state index in [1.165, 1.54) is 19.2 Å². The molecule has 0 aliphatic rings. The van der Waals surface area contributed by atoms with Crippen molar-refractivity contribution in [2.45, 2.75) is 37.1 Å². The predicted octanol–water partition coefficient (Wildman–Crippen LogP) is 4.16. The molecule has 1 N–H and O–H groups in total. The first-order valence-electron chi connectivity index (χ1n) is 8.17. The molecule has 0 radical (unpaired) electrons. The second kappa shape index (κ2) is 8.79. The SMILES string of the molecule is COC(=O)C[C@@H](NS(=O)(=O)c1ccc(Br)cc1)c1ccc(C(C)C)cc1. The van der Waals surface area contributed by atoms with Crippen LogP contribution in [0.25, 0.3) is 0 Å². The lowest BCUT2D eigenvalue weighted by Crippen LogP contribution is -2.30. The van der Waals surface area contributed by atoms with Crippen LogP contribution in [0.3, 0.4) is 0 Å². The molecule has 0 spiro atoms. The molecule has 5 nitrogen and oxygen atoms in total. The Balaban J connectivity index is 2.32. The Labute approximate surface area is 162 Å². The van der Waals surface area contributed by atoms with E-state index in [2.05, 4.69) is 34.5 Å². The van der Waals surface area contributed by atoms with E-state index in [1.807, 2.05) is 24.3 Å². The molecule has 0 unspecified atom stereocenters. The summed E-state index contributed by atoms with van der Waals surface area (Å²) in [6, 6.07) is 13.2. The molecule has 0 aliphatic carbocycles. The van der Waals surface area contributed by atoms with E-state index in [-0.39, 0.29) is 11.3 Å². The van der Waals surface area contributed by atoms with E-state index in [0.29, 0.717) is 11.5 Å². The summed E-state index contributed by atoms with van der Waals surface area (Å²) in [5.41, 5.74) is 1.85. The highest BCUT2D eigenvalue weighted by Crippen LogP contribution is 2.24. The van der Waals surface area contributed by atoms with Gasteiger partial charge < -0.3 is 4.74 Å². The highest BCUT2D eigenvalue weighted by Gasteiger charge is 2.24. The summed E-state index contributed by atoms with van der Waals surface area (Å²) in [4.78, 5) is 11.9. The minimum absolute atomic E-state index is 0.0900. The summed E-state index contributed by atoms with van der Waals surface area (Å²) in [5.74, 6) is -0.121. The van der Waals surface area contributed by atoms with Gasteiger partial charge in [-0.05, 0) is 41.3 Å². The first-order valence-corrected chi connectivity index (χ1v) is 10.4. The molecular weight excluding hydrogens is 418 g/mol. The maximum atomic E-state index is 12.7. The fourth-order valence-electron chi connectivity index (χ4n) is 2.46. The van der Waals surface area contributed by atoms with E-state index in [1.54, 1.807) is 12.1 Å². The molecule has 2 aromatic rings. The Bertz CT molecular complexity index is 846. The fraction of sp³-hybridized carbons (Fsp3) is 0.316. The maximum Gasteiger partial charge on any atom is 0.307 e. The second-order valence-corrected chi connectivity index (χ2v) is 8.86. The zero-order valence-corrected chi connectivity index (χ0v) is 17.3. The molecule has 1 atom stereocenters. The second-order valence-electron chi connectivity index (χ2n) is 6.23. The molecule has 7 heteroatoms. The van der Waals surface area contributed by atoms with Gasteiger partial charge in [0.25, 0.3) is 0 Å². The van der Waals surface area contributed by atoms with Crippen molar-refractivity contribution in [1.82, 2.24) is 4.72 Å². The number of ether oxygens (including phenoxy) is 1. The van der Waals surface area contributed by atoms with E-state index >= 15 is 0 Å². The number of esters is 1. The third kappa shape index (κ3) is 5.40. The number of hydrogen-bond donors (Lipinski definition) is 1. The minimum Gasteiger partial charge on any atom is -0.469 e. The monoisotopic (exact) mass is 439 g/mol.